The maximum atomic E-state index is 13.4. The number of nitrogens with zero attached hydrogens (tertiary/aromatic N) is 1. The molecule has 3 aliphatic rings. The van der Waals surface area contributed by atoms with Crippen molar-refractivity contribution in [2.24, 2.45) is 0 Å². The van der Waals surface area contributed by atoms with Crippen LogP contribution >= 0.6 is 11.8 Å². The van der Waals surface area contributed by atoms with E-state index in [0.29, 0.717) is 12.8 Å². The van der Waals surface area contributed by atoms with Crippen LogP contribution in [-0.2, 0) is 20.8 Å². The van der Waals surface area contributed by atoms with Crippen LogP contribution in [0.15, 0.2) is 24.3 Å². The van der Waals surface area contributed by atoms with Gasteiger partial charge in [0.25, 0.3) is 0 Å². The van der Waals surface area contributed by atoms with E-state index >= 15 is 0 Å². The summed E-state index contributed by atoms with van der Waals surface area (Å²) in [7, 11) is 1.72. The van der Waals surface area contributed by atoms with Gasteiger partial charge in [0.1, 0.15) is 12.1 Å². The molecule has 3 N–H and O–H groups in total. The summed E-state index contributed by atoms with van der Waals surface area (Å²) in [5.74, 6) is 0.390. The van der Waals surface area contributed by atoms with Crippen molar-refractivity contribution in [2.45, 2.75) is 75.0 Å². The monoisotopic (exact) mass is 444 g/mol. The highest BCUT2D eigenvalue weighted by Crippen LogP contribution is 2.37. The molecule has 0 saturated carbocycles. The SMILES string of the molecule is CN[C@@H](C)C(=O)N[C@H]1CCSC2CCC(C(=O)N[C@@H]3CCCc4ccccc43)N2C1=O. The summed E-state index contributed by atoms with van der Waals surface area (Å²) in [4.78, 5) is 40.8. The predicted octanol–water partition coefficient (Wildman–Crippen LogP) is 1.73. The van der Waals surface area contributed by atoms with Crippen LogP contribution < -0.4 is 16.0 Å². The number of likely N-dealkylation sites (N-methyl/N-ethyl adjacent to an activating group) is 1. The molecule has 5 atom stereocenters. The second-order valence-corrected chi connectivity index (χ2v) is 9.96. The lowest BCUT2D eigenvalue weighted by molar-refractivity contribution is -0.142. The van der Waals surface area contributed by atoms with E-state index in [1.165, 1.54) is 11.1 Å². The number of carbonyl (C=O) groups is 3. The summed E-state index contributed by atoms with van der Waals surface area (Å²) in [6.45, 7) is 1.77. The minimum Gasteiger partial charge on any atom is -0.347 e. The number of nitrogens with one attached hydrogen (secondary N) is 3. The summed E-state index contributed by atoms with van der Waals surface area (Å²) in [6, 6.07) is 6.86. The molecule has 2 aliphatic heterocycles. The molecule has 0 spiro atoms. The molecule has 2 saturated heterocycles. The van der Waals surface area contributed by atoms with Crippen LogP contribution in [0.2, 0.25) is 0 Å². The number of hydrogen-bond donors (Lipinski definition) is 3. The zero-order valence-corrected chi connectivity index (χ0v) is 19.0. The largest absolute Gasteiger partial charge is 0.347 e. The van der Waals surface area contributed by atoms with Gasteiger partial charge < -0.3 is 20.9 Å². The van der Waals surface area contributed by atoms with E-state index in [0.717, 1.165) is 31.4 Å². The van der Waals surface area contributed by atoms with Crippen molar-refractivity contribution in [1.82, 2.24) is 20.9 Å². The van der Waals surface area contributed by atoms with Crippen molar-refractivity contribution >= 4 is 29.5 Å². The number of aryl methyl sites for hydroxylation is 1. The molecular formula is C23H32N4O3S. The minimum absolute atomic E-state index is 0.00166. The first-order valence-corrected chi connectivity index (χ1v) is 12.3. The fourth-order valence-electron chi connectivity index (χ4n) is 4.85. The van der Waals surface area contributed by atoms with Crippen molar-refractivity contribution < 1.29 is 14.4 Å². The fourth-order valence-corrected chi connectivity index (χ4v) is 6.21. The van der Waals surface area contributed by atoms with Gasteiger partial charge in [-0.2, -0.15) is 0 Å². The molecule has 0 aromatic heterocycles. The Labute approximate surface area is 188 Å². The maximum absolute atomic E-state index is 13.4. The van der Waals surface area contributed by atoms with Gasteiger partial charge in [-0.1, -0.05) is 24.3 Å². The summed E-state index contributed by atoms with van der Waals surface area (Å²) >= 11 is 1.72. The zero-order chi connectivity index (χ0) is 22.0. The van der Waals surface area contributed by atoms with Crippen molar-refractivity contribution in [1.29, 1.82) is 0 Å². The fraction of sp³-hybridized carbons (Fsp3) is 0.609. The molecule has 1 aliphatic carbocycles. The lowest BCUT2D eigenvalue weighted by Crippen LogP contribution is -2.56. The molecule has 1 aromatic rings. The predicted molar refractivity (Wildman–Crippen MR) is 121 cm³/mol. The Kier molecular flexibility index (Phi) is 6.86. The topological polar surface area (TPSA) is 90.5 Å². The van der Waals surface area contributed by atoms with Gasteiger partial charge in [-0.25, -0.2) is 0 Å². The summed E-state index contributed by atoms with van der Waals surface area (Å²) < 4.78 is 0. The maximum Gasteiger partial charge on any atom is 0.246 e. The van der Waals surface area contributed by atoms with Gasteiger partial charge in [-0.05, 0) is 69.4 Å². The Morgan fingerprint density at radius 2 is 1.90 bits per heavy atom. The van der Waals surface area contributed by atoms with Gasteiger partial charge in [0.15, 0.2) is 0 Å². The Morgan fingerprint density at radius 1 is 1.10 bits per heavy atom. The van der Waals surface area contributed by atoms with E-state index in [4.69, 9.17) is 0 Å². The molecular weight excluding hydrogens is 412 g/mol. The number of hydrogen-bond acceptors (Lipinski definition) is 5. The van der Waals surface area contributed by atoms with Crippen molar-refractivity contribution in [3.8, 4) is 0 Å². The first-order chi connectivity index (χ1) is 15.0. The molecule has 2 unspecified atom stereocenters. The van der Waals surface area contributed by atoms with Crippen LogP contribution in [0, 0.1) is 0 Å². The van der Waals surface area contributed by atoms with E-state index in [1.807, 2.05) is 12.1 Å². The second kappa shape index (κ2) is 9.61. The average molecular weight is 445 g/mol. The summed E-state index contributed by atoms with van der Waals surface area (Å²) in [5.41, 5.74) is 2.49. The molecule has 168 valence electrons. The number of amides is 3. The minimum atomic E-state index is -0.579. The smallest absolute Gasteiger partial charge is 0.246 e. The molecule has 7 nitrogen and oxygen atoms in total. The van der Waals surface area contributed by atoms with Crippen LogP contribution in [0.25, 0.3) is 0 Å². The van der Waals surface area contributed by atoms with E-state index < -0.39 is 12.1 Å². The second-order valence-electron chi connectivity index (χ2n) is 8.68. The van der Waals surface area contributed by atoms with Gasteiger partial charge in [0.2, 0.25) is 17.7 Å². The average Bonchev–Trinajstić information content (AvgIpc) is 3.15. The number of carbonyl (C=O) groups excluding carboxylic acids is 3. The standard InChI is InChI=1S/C23H32N4O3S/c1-14(24-2)21(28)26-18-12-13-31-20-11-10-19(27(20)23(18)30)22(29)25-17-9-5-7-15-6-3-4-8-16(15)17/h3-4,6,8,14,17-20,24H,5,7,9-13H2,1-2H3,(H,25,29)(H,26,28)/t14-,17+,18-,19?,20?/m0/s1. The van der Waals surface area contributed by atoms with Crippen molar-refractivity contribution in [3.63, 3.8) is 0 Å². The van der Waals surface area contributed by atoms with Crippen LogP contribution in [0.3, 0.4) is 0 Å². The highest BCUT2D eigenvalue weighted by molar-refractivity contribution is 7.99. The molecule has 1 aromatic carbocycles. The Morgan fingerprint density at radius 3 is 2.71 bits per heavy atom. The first-order valence-electron chi connectivity index (χ1n) is 11.3. The van der Waals surface area contributed by atoms with Crippen LogP contribution in [-0.4, -0.2) is 58.9 Å². The van der Waals surface area contributed by atoms with Gasteiger partial charge >= 0.3 is 0 Å². The lowest BCUT2D eigenvalue weighted by atomic mass is 9.87. The number of benzene rings is 1. The Balaban J connectivity index is 1.47. The van der Waals surface area contributed by atoms with Crippen molar-refractivity contribution in [2.75, 3.05) is 12.8 Å². The summed E-state index contributed by atoms with van der Waals surface area (Å²) in [6.07, 6.45) is 5.07. The third-order valence-corrected chi connectivity index (χ3v) is 8.05. The van der Waals surface area contributed by atoms with Gasteiger partial charge in [0, 0.05) is 0 Å². The van der Waals surface area contributed by atoms with Crippen LogP contribution in [0.4, 0.5) is 0 Å². The molecule has 2 heterocycles. The molecule has 2 fully saturated rings. The Hall–Kier alpha value is -2.06. The van der Waals surface area contributed by atoms with Gasteiger partial charge in [0.05, 0.1) is 17.5 Å². The molecule has 3 amide bonds. The molecule has 0 bridgehead atoms. The number of rotatable bonds is 5. The van der Waals surface area contributed by atoms with Crippen LogP contribution in [0.5, 0.6) is 0 Å². The van der Waals surface area contributed by atoms with E-state index in [1.54, 1.807) is 30.6 Å². The van der Waals surface area contributed by atoms with Gasteiger partial charge in [-0.3, -0.25) is 14.4 Å². The van der Waals surface area contributed by atoms with E-state index in [9.17, 15) is 14.4 Å². The number of thioether (sulfide) groups is 1. The summed E-state index contributed by atoms with van der Waals surface area (Å²) in [5, 5.41) is 9.03. The zero-order valence-electron chi connectivity index (χ0n) is 18.2. The van der Waals surface area contributed by atoms with E-state index in [2.05, 4.69) is 28.1 Å². The lowest BCUT2D eigenvalue weighted by Gasteiger charge is -2.32. The number of fused-ring (bicyclic) bond motifs is 2. The normalized spacial score (nSPS) is 28.8. The van der Waals surface area contributed by atoms with E-state index in [-0.39, 0.29) is 35.2 Å². The molecule has 4 rings (SSSR count). The highest BCUT2D eigenvalue weighted by atomic mass is 32.2. The third-order valence-electron chi connectivity index (χ3n) is 6.73. The quantitative estimate of drug-likeness (QED) is 0.644. The van der Waals surface area contributed by atoms with Gasteiger partial charge in [-0.15, -0.1) is 11.8 Å². The third kappa shape index (κ3) is 4.60. The van der Waals surface area contributed by atoms with Crippen molar-refractivity contribution in [3.05, 3.63) is 35.4 Å². The molecule has 31 heavy (non-hydrogen) atoms. The Bertz CT molecular complexity index is 848. The first kappa shape index (κ1) is 22.1. The molecule has 8 heteroatoms. The van der Waals surface area contributed by atoms with Crippen LogP contribution in [0.1, 0.15) is 56.2 Å². The molecule has 0 radical (unpaired) electrons. The highest BCUT2D eigenvalue weighted by Gasteiger charge is 2.45.